The smallest absolute Gasteiger partial charge is 0.150 e. The van der Waals surface area contributed by atoms with Crippen LogP contribution in [-0.2, 0) is 14.6 Å². The number of ether oxygens (including phenoxy) is 2. The number of sulfone groups is 1. The molecule has 2 unspecified atom stereocenters. The van der Waals surface area contributed by atoms with E-state index in [2.05, 4.69) is 4.98 Å². The lowest BCUT2D eigenvalue weighted by Gasteiger charge is -2.31. The van der Waals surface area contributed by atoms with Crippen LogP contribution in [0.15, 0.2) is 42.6 Å². The summed E-state index contributed by atoms with van der Waals surface area (Å²) in [7, 11) is -3.03. The minimum Gasteiger partial charge on any atom is -0.506 e. The third-order valence-corrected chi connectivity index (χ3v) is 6.61. The molecule has 7 heteroatoms. The molecular weight excluding hydrogens is 366 g/mol. The van der Waals surface area contributed by atoms with Gasteiger partial charge in [0.05, 0.1) is 23.7 Å². The van der Waals surface area contributed by atoms with E-state index in [9.17, 15) is 13.5 Å². The highest BCUT2D eigenvalue weighted by Crippen LogP contribution is 2.25. The van der Waals surface area contributed by atoms with Crippen molar-refractivity contribution in [2.75, 3.05) is 24.7 Å². The monoisotopic (exact) mass is 391 g/mol. The number of aromatic hydroxyl groups is 1. The molecule has 1 aliphatic rings. The van der Waals surface area contributed by atoms with Crippen molar-refractivity contribution in [3.8, 4) is 22.8 Å². The van der Waals surface area contributed by atoms with Crippen LogP contribution < -0.4 is 4.74 Å². The van der Waals surface area contributed by atoms with E-state index >= 15 is 0 Å². The molecule has 3 rings (SSSR count). The Morgan fingerprint density at radius 3 is 2.67 bits per heavy atom. The maximum atomic E-state index is 12.0. The van der Waals surface area contributed by atoms with Crippen molar-refractivity contribution in [2.45, 2.75) is 25.9 Å². The van der Waals surface area contributed by atoms with Gasteiger partial charge in [-0.2, -0.15) is 0 Å². The van der Waals surface area contributed by atoms with Crippen molar-refractivity contribution in [3.05, 3.63) is 42.6 Å². The second-order valence-electron chi connectivity index (χ2n) is 6.75. The fourth-order valence-electron chi connectivity index (χ4n) is 3.18. The van der Waals surface area contributed by atoms with Gasteiger partial charge in [-0.3, -0.25) is 4.98 Å². The molecule has 6 nitrogen and oxygen atoms in total. The second kappa shape index (κ2) is 8.71. The molecule has 27 heavy (non-hydrogen) atoms. The molecule has 0 amide bonds. The first-order valence-electron chi connectivity index (χ1n) is 9.17. The Bertz CT molecular complexity index is 834. The Kier molecular flexibility index (Phi) is 6.34. The van der Waals surface area contributed by atoms with Crippen molar-refractivity contribution in [2.24, 2.45) is 5.92 Å². The Morgan fingerprint density at radius 1 is 1.22 bits per heavy atom. The molecule has 0 bridgehead atoms. The van der Waals surface area contributed by atoms with Gasteiger partial charge in [0.25, 0.3) is 0 Å². The largest absolute Gasteiger partial charge is 0.506 e. The first-order valence-corrected chi connectivity index (χ1v) is 11.0. The molecular formula is C20H25NO5S. The Balaban J connectivity index is 1.60. The van der Waals surface area contributed by atoms with Gasteiger partial charge >= 0.3 is 0 Å². The molecule has 1 saturated heterocycles. The van der Waals surface area contributed by atoms with Crippen LogP contribution in [0, 0.1) is 5.92 Å². The van der Waals surface area contributed by atoms with Gasteiger partial charge in [0.2, 0.25) is 0 Å². The van der Waals surface area contributed by atoms with E-state index in [-0.39, 0.29) is 29.3 Å². The average molecular weight is 391 g/mol. The highest BCUT2D eigenvalue weighted by Gasteiger charge is 2.30. The fraction of sp³-hybridized carbons (Fsp3) is 0.450. The van der Waals surface area contributed by atoms with Gasteiger partial charge in [-0.25, -0.2) is 8.42 Å². The summed E-state index contributed by atoms with van der Waals surface area (Å²) >= 11 is 0. The number of rotatable bonds is 7. The van der Waals surface area contributed by atoms with Crippen molar-refractivity contribution in [1.29, 1.82) is 0 Å². The van der Waals surface area contributed by atoms with Gasteiger partial charge in [0, 0.05) is 23.8 Å². The SMILES string of the molecule is CCS(=O)(=O)CC1CCCOC1COc1ccc(-c2ccc(O)cn2)cc1. The second-order valence-corrected chi connectivity index (χ2v) is 9.15. The van der Waals surface area contributed by atoms with Gasteiger partial charge < -0.3 is 14.6 Å². The topological polar surface area (TPSA) is 85.7 Å². The molecule has 0 aliphatic carbocycles. The summed E-state index contributed by atoms with van der Waals surface area (Å²) in [6, 6.07) is 10.8. The van der Waals surface area contributed by atoms with Crippen molar-refractivity contribution in [1.82, 2.24) is 4.98 Å². The third-order valence-electron chi connectivity index (χ3n) is 4.80. The Hall–Kier alpha value is -2.12. The maximum Gasteiger partial charge on any atom is 0.150 e. The molecule has 2 aromatic rings. The van der Waals surface area contributed by atoms with E-state index in [4.69, 9.17) is 9.47 Å². The molecule has 2 atom stereocenters. The van der Waals surface area contributed by atoms with Gasteiger partial charge in [0.15, 0.2) is 0 Å². The molecule has 0 spiro atoms. The van der Waals surface area contributed by atoms with Gasteiger partial charge in [-0.15, -0.1) is 0 Å². The predicted octanol–water partition coefficient (Wildman–Crippen LogP) is 3.06. The highest BCUT2D eigenvalue weighted by molar-refractivity contribution is 7.91. The van der Waals surface area contributed by atoms with Crippen LogP contribution in [0.25, 0.3) is 11.3 Å². The van der Waals surface area contributed by atoms with Crippen LogP contribution in [0.5, 0.6) is 11.5 Å². The van der Waals surface area contributed by atoms with Gasteiger partial charge in [-0.1, -0.05) is 6.92 Å². The lowest BCUT2D eigenvalue weighted by molar-refractivity contribution is -0.0428. The van der Waals surface area contributed by atoms with Gasteiger partial charge in [0.1, 0.15) is 27.9 Å². The minimum absolute atomic E-state index is 0.0239. The zero-order chi connectivity index (χ0) is 19.3. The minimum atomic E-state index is -3.03. The van der Waals surface area contributed by atoms with E-state index in [0.717, 1.165) is 24.1 Å². The van der Waals surface area contributed by atoms with E-state index in [1.54, 1.807) is 19.1 Å². The van der Waals surface area contributed by atoms with Crippen LogP contribution >= 0.6 is 0 Å². The highest BCUT2D eigenvalue weighted by atomic mass is 32.2. The first-order chi connectivity index (χ1) is 13.0. The normalized spacial score (nSPS) is 20.3. The number of aromatic nitrogens is 1. The maximum absolute atomic E-state index is 12.0. The van der Waals surface area contributed by atoms with E-state index < -0.39 is 9.84 Å². The summed E-state index contributed by atoms with van der Waals surface area (Å²) in [5, 5.41) is 9.32. The van der Waals surface area contributed by atoms with Crippen LogP contribution in [0.1, 0.15) is 19.8 Å². The quantitative estimate of drug-likeness (QED) is 0.781. The fourth-order valence-corrected chi connectivity index (χ4v) is 4.45. The first kappa shape index (κ1) is 19.6. The summed E-state index contributed by atoms with van der Waals surface area (Å²) in [6.45, 7) is 2.65. The summed E-state index contributed by atoms with van der Waals surface area (Å²) in [6.07, 6.45) is 2.93. The third kappa shape index (κ3) is 5.43. The Labute approximate surface area is 160 Å². The lowest BCUT2D eigenvalue weighted by atomic mass is 9.97. The van der Waals surface area contributed by atoms with E-state index in [0.29, 0.717) is 19.0 Å². The summed E-state index contributed by atoms with van der Waals surface area (Å²) in [4.78, 5) is 4.18. The summed E-state index contributed by atoms with van der Waals surface area (Å²) < 4.78 is 35.6. The zero-order valence-corrected chi connectivity index (χ0v) is 16.2. The average Bonchev–Trinajstić information content (AvgIpc) is 2.68. The number of nitrogens with zero attached hydrogens (tertiary/aromatic N) is 1. The van der Waals surface area contributed by atoms with Crippen LogP contribution in [0.4, 0.5) is 0 Å². The molecule has 1 aromatic heterocycles. The van der Waals surface area contributed by atoms with Crippen molar-refractivity contribution < 1.29 is 23.0 Å². The molecule has 0 saturated carbocycles. The van der Waals surface area contributed by atoms with E-state index in [1.165, 1.54) is 6.20 Å². The molecule has 1 aromatic carbocycles. The predicted molar refractivity (Wildman–Crippen MR) is 104 cm³/mol. The molecule has 1 fully saturated rings. The molecule has 1 aliphatic heterocycles. The van der Waals surface area contributed by atoms with Crippen molar-refractivity contribution in [3.63, 3.8) is 0 Å². The number of pyridine rings is 1. The van der Waals surface area contributed by atoms with Crippen molar-refractivity contribution >= 4 is 9.84 Å². The number of benzene rings is 1. The van der Waals surface area contributed by atoms with E-state index in [1.807, 2.05) is 24.3 Å². The van der Waals surface area contributed by atoms with Gasteiger partial charge in [-0.05, 0) is 49.2 Å². The molecule has 146 valence electrons. The van der Waals surface area contributed by atoms with Crippen LogP contribution in [0.3, 0.4) is 0 Å². The lowest BCUT2D eigenvalue weighted by Crippen LogP contribution is -2.38. The van der Waals surface area contributed by atoms with Crippen LogP contribution in [-0.4, -0.2) is 49.3 Å². The summed E-state index contributed by atoms with van der Waals surface area (Å²) in [5.74, 6) is 1.12. The molecule has 1 N–H and O–H groups in total. The molecule has 0 radical (unpaired) electrons. The zero-order valence-electron chi connectivity index (χ0n) is 15.4. The number of hydrogen-bond donors (Lipinski definition) is 1. The van der Waals surface area contributed by atoms with Crippen LogP contribution in [0.2, 0.25) is 0 Å². The molecule has 2 heterocycles. The standard InChI is InChI=1S/C20H25NO5S/c1-2-27(23,24)14-16-4-3-11-25-20(16)13-26-18-8-5-15(6-9-18)19-10-7-17(22)12-21-19/h5-10,12,16,20,22H,2-4,11,13-14H2,1H3. The number of hydrogen-bond acceptors (Lipinski definition) is 6. The Morgan fingerprint density at radius 2 is 2.00 bits per heavy atom. The summed E-state index contributed by atoms with van der Waals surface area (Å²) in [5.41, 5.74) is 1.68.